The SMILES string of the molecule is Cc1cc(N)cnc1Sc1nnc2n1CCCCC2. The van der Waals surface area contributed by atoms with Gasteiger partial charge in [0.15, 0.2) is 5.16 Å². The Morgan fingerprint density at radius 1 is 1.26 bits per heavy atom. The monoisotopic (exact) mass is 275 g/mol. The van der Waals surface area contributed by atoms with Crippen molar-refractivity contribution in [3.63, 3.8) is 0 Å². The van der Waals surface area contributed by atoms with Crippen LogP contribution in [-0.2, 0) is 13.0 Å². The average Bonchev–Trinajstić information content (AvgIpc) is 2.61. The zero-order valence-corrected chi connectivity index (χ0v) is 11.8. The molecule has 0 unspecified atom stereocenters. The highest BCUT2D eigenvalue weighted by molar-refractivity contribution is 7.99. The van der Waals surface area contributed by atoms with E-state index < -0.39 is 0 Å². The van der Waals surface area contributed by atoms with Gasteiger partial charge in [0, 0.05) is 13.0 Å². The Labute approximate surface area is 116 Å². The number of fused-ring (bicyclic) bond motifs is 1. The molecule has 0 aromatic carbocycles. The summed E-state index contributed by atoms with van der Waals surface area (Å²) in [5.41, 5.74) is 7.50. The molecule has 5 nitrogen and oxygen atoms in total. The number of rotatable bonds is 2. The molecular weight excluding hydrogens is 258 g/mol. The average molecular weight is 275 g/mol. The van der Waals surface area contributed by atoms with Gasteiger partial charge in [-0.15, -0.1) is 10.2 Å². The summed E-state index contributed by atoms with van der Waals surface area (Å²) in [6.07, 6.45) is 6.40. The highest BCUT2D eigenvalue weighted by atomic mass is 32.2. The second kappa shape index (κ2) is 5.21. The van der Waals surface area contributed by atoms with Gasteiger partial charge in [-0.25, -0.2) is 4.98 Å². The molecule has 3 rings (SSSR count). The van der Waals surface area contributed by atoms with Gasteiger partial charge in [0.05, 0.1) is 11.9 Å². The van der Waals surface area contributed by atoms with E-state index >= 15 is 0 Å². The minimum Gasteiger partial charge on any atom is -0.397 e. The van der Waals surface area contributed by atoms with Gasteiger partial charge in [-0.2, -0.15) is 0 Å². The molecule has 0 aliphatic carbocycles. The van der Waals surface area contributed by atoms with E-state index in [1.165, 1.54) is 19.3 Å². The van der Waals surface area contributed by atoms with Crippen LogP contribution in [0, 0.1) is 6.92 Å². The fourth-order valence-corrected chi connectivity index (χ4v) is 3.20. The largest absolute Gasteiger partial charge is 0.397 e. The van der Waals surface area contributed by atoms with Crippen molar-refractivity contribution in [2.45, 2.75) is 49.3 Å². The Hall–Kier alpha value is -1.56. The van der Waals surface area contributed by atoms with Crippen molar-refractivity contribution in [3.8, 4) is 0 Å². The van der Waals surface area contributed by atoms with Crippen LogP contribution in [0.25, 0.3) is 0 Å². The van der Waals surface area contributed by atoms with Crippen molar-refractivity contribution in [1.29, 1.82) is 0 Å². The number of nitrogen functional groups attached to an aromatic ring is 1. The second-order valence-electron chi connectivity index (χ2n) is 4.85. The summed E-state index contributed by atoms with van der Waals surface area (Å²) in [6.45, 7) is 3.03. The Balaban J connectivity index is 1.89. The van der Waals surface area contributed by atoms with E-state index in [0.717, 1.165) is 34.5 Å². The van der Waals surface area contributed by atoms with Gasteiger partial charge in [0.25, 0.3) is 0 Å². The number of anilines is 1. The van der Waals surface area contributed by atoms with Crippen molar-refractivity contribution in [2.75, 3.05) is 5.73 Å². The third-order valence-corrected chi connectivity index (χ3v) is 4.42. The smallest absolute Gasteiger partial charge is 0.197 e. The van der Waals surface area contributed by atoms with E-state index in [0.29, 0.717) is 5.69 Å². The van der Waals surface area contributed by atoms with Gasteiger partial charge in [-0.1, -0.05) is 6.42 Å². The van der Waals surface area contributed by atoms with Crippen molar-refractivity contribution >= 4 is 17.4 Å². The molecule has 2 N–H and O–H groups in total. The van der Waals surface area contributed by atoms with Crippen LogP contribution in [0.1, 0.15) is 30.7 Å². The Morgan fingerprint density at radius 3 is 3.00 bits per heavy atom. The normalized spacial score (nSPS) is 15.0. The summed E-state index contributed by atoms with van der Waals surface area (Å²) >= 11 is 1.58. The molecule has 2 aromatic rings. The Morgan fingerprint density at radius 2 is 2.16 bits per heavy atom. The lowest BCUT2D eigenvalue weighted by Crippen LogP contribution is -2.02. The predicted octanol–water partition coefficient (Wildman–Crippen LogP) is 2.44. The van der Waals surface area contributed by atoms with Crippen molar-refractivity contribution in [1.82, 2.24) is 19.7 Å². The topological polar surface area (TPSA) is 69.6 Å². The summed E-state index contributed by atoms with van der Waals surface area (Å²) < 4.78 is 2.23. The van der Waals surface area contributed by atoms with Crippen LogP contribution in [0.5, 0.6) is 0 Å². The maximum atomic E-state index is 5.73. The molecule has 19 heavy (non-hydrogen) atoms. The van der Waals surface area contributed by atoms with Crippen LogP contribution in [-0.4, -0.2) is 19.7 Å². The first-order valence-electron chi connectivity index (χ1n) is 6.56. The van der Waals surface area contributed by atoms with Crippen LogP contribution in [0.15, 0.2) is 22.4 Å². The fraction of sp³-hybridized carbons (Fsp3) is 0.462. The fourth-order valence-electron chi connectivity index (χ4n) is 2.31. The molecular formula is C13H17N5S. The van der Waals surface area contributed by atoms with E-state index in [9.17, 15) is 0 Å². The van der Waals surface area contributed by atoms with Gasteiger partial charge in [-0.3, -0.25) is 0 Å². The number of aromatic nitrogens is 4. The number of hydrogen-bond donors (Lipinski definition) is 1. The molecule has 1 aliphatic heterocycles. The standard InChI is InChI=1S/C13H17N5S/c1-9-7-10(14)8-15-12(9)19-13-17-16-11-5-3-2-4-6-18(11)13/h7-8H,2-6,14H2,1H3. The third kappa shape index (κ3) is 2.58. The van der Waals surface area contributed by atoms with Crippen molar-refractivity contribution < 1.29 is 0 Å². The molecule has 3 heterocycles. The maximum Gasteiger partial charge on any atom is 0.197 e. The molecule has 0 spiro atoms. The molecule has 0 bridgehead atoms. The van der Waals surface area contributed by atoms with Gasteiger partial charge >= 0.3 is 0 Å². The predicted molar refractivity (Wildman–Crippen MR) is 75.1 cm³/mol. The second-order valence-corrected chi connectivity index (χ2v) is 5.81. The van der Waals surface area contributed by atoms with Gasteiger partial charge in [-0.05, 0) is 43.2 Å². The van der Waals surface area contributed by atoms with E-state index in [-0.39, 0.29) is 0 Å². The highest BCUT2D eigenvalue weighted by Gasteiger charge is 2.16. The summed E-state index contributed by atoms with van der Waals surface area (Å²) in [6, 6.07) is 1.94. The van der Waals surface area contributed by atoms with Crippen LogP contribution >= 0.6 is 11.8 Å². The molecule has 0 radical (unpaired) electrons. The summed E-state index contributed by atoms with van der Waals surface area (Å²) in [5, 5.41) is 10.5. The number of pyridine rings is 1. The molecule has 0 amide bonds. The van der Waals surface area contributed by atoms with Crippen LogP contribution in [0.2, 0.25) is 0 Å². The molecule has 2 aromatic heterocycles. The number of nitrogens with zero attached hydrogens (tertiary/aromatic N) is 4. The minimum atomic E-state index is 0.696. The van der Waals surface area contributed by atoms with Crippen molar-refractivity contribution in [2.24, 2.45) is 0 Å². The van der Waals surface area contributed by atoms with Crippen LogP contribution in [0.3, 0.4) is 0 Å². The molecule has 0 atom stereocenters. The van der Waals surface area contributed by atoms with Gasteiger partial charge in [0.2, 0.25) is 0 Å². The first-order chi connectivity index (χ1) is 9.24. The zero-order chi connectivity index (χ0) is 13.2. The molecule has 1 aliphatic rings. The molecule has 0 saturated carbocycles. The molecule has 0 fully saturated rings. The zero-order valence-electron chi connectivity index (χ0n) is 11.0. The number of aryl methyl sites for hydroxylation is 2. The van der Waals surface area contributed by atoms with E-state index in [2.05, 4.69) is 19.7 Å². The minimum absolute atomic E-state index is 0.696. The molecule has 0 saturated heterocycles. The number of nitrogens with two attached hydrogens (primary N) is 1. The summed E-state index contributed by atoms with van der Waals surface area (Å²) in [7, 11) is 0. The van der Waals surface area contributed by atoms with Gasteiger partial charge in [0.1, 0.15) is 10.9 Å². The molecule has 100 valence electrons. The maximum absolute atomic E-state index is 5.73. The lowest BCUT2D eigenvalue weighted by Gasteiger charge is -2.07. The lowest BCUT2D eigenvalue weighted by molar-refractivity contribution is 0.590. The highest BCUT2D eigenvalue weighted by Crippen LogP contribution is 2.29. The van der Waals surface area contributed by atoms with Crippen molar-refractivity contribution in [3.05, 3.63) is 23.7 Å². The number of hydrogen-bond acceptors (Lipinski definition) is 5. The van der Waals surface area contributed by atoms with Gasteiger partial charge < -0.3 is 10.3 Å². The third-order valence-electron chi connectivity index (χ3n) is 3.31. The van der Waals surface area contributed by atoms with Crippen LogP contribution < -0.4 is 5.73 Å². The Bertz CT molecular complexity index is 593. The Kier molecular flexibility index (Phi) is 3.42. The summed E-state index contributed by atoms with van der Waals surface area (Å²) in [4.78, 5) is 4.38. The first kappa shape index (κ1) is 12.5. The van der Waals surface area contributed by atoms with Crippen LogP contribution in [0.4, 0.5) is 5.69 Å². The summed E-state index contributed by atoms with van der Waals surface area (Å²) in [5.74, 6) is 1.10. The van der Waals surface area contributed by atoms with E-state index in [4.69, 9.17) is 5.73 Å². The van der Waals surface area contributed by atoms with E-state index in [1.54, 1.807) is 18.0 Å². The van der Waals surface area contributed by atoms with E-state index in [1.807, 2.05) is 13.0 Å². The lowest BCUT2D eigenvalue weighted by atomic mass is 10.2. The first-order valence-corrected chi connectivity index (χ1v) is 7.38. The molecule has 6 heteroatoms. The quantitative estimate of drug-likeness (QED) is 0.911.